The van der Waals surface area contributed by atoms with Gasteiger partial charge in [-0.1, -0.05) is 26.0 Å². The number of hydrogen-bond donors (Lipinski definition) is 3. The third-order valence-electron chi connectivity index (χ3n) is 4.12. The number of benzene rings is 2. The minimum absolute atomic E-state index is 0.256. The van der Waals surface area contributed by atoms with Crippen molar-refractivity contribution in [3.05, 3.63) is 64.1 Å². The Morgan fingerprint density at radius 2 is 1.67 bits per heavy atom. The normalized spacial score (nSPS) is 11.5. The summed E-state index contributed by atoms with van der Waals surface area (Å²) in [6.45, 7) is 2.99. The zero-order chi connectivity index (χ0) is 22.3. The van der Waals surface area contributed by atoms with Crippen LogP contribution in [0.3, 0.4) is 0 Å². The van der Waals surface area contributed by atoms with Crippen molar-refractivity contribution in [2.24, 2.45) is 11.7 Å². The number of amides is 3. The van der Waals surface area contributed by atoms with E-state index in [1.807, 2.05) is 0 Å². The molecule has 158 valence electrons. The summed E-state index contributed by atoms with van der Waals surface area (Å²) < 4.78 is 5.67. The Balaban J connectivity index is 1.93. The van der Waals surface area contributed by atoms with Crippen molar-refractivity contribution in [3.63, 3.8) is 0 Å². The van der Waals surface area contributed by atoms with Crippen LogP contribution in [0.5, 0.6) is 0 Å². The van der Waals surface area contributed by atoms with Crippen LogP contribution < -0.4 is 16.4 Å². The van der Waals surface area contributed by atoms with Gasteiger partial charge in [0.15, 0.2) is 6.61 Å². The zero-order valence-electron chi connectivity index (χ0n) is 16.5. The van der Waals surface area contributed by atoms with Crippen molar-refractivity contribution in [2.75, 3.05) is 11.9 Å². The molecule has 0 saturated heterocycles. The highest BCUT2D eigenvalue weighted by molar-refractivity contribution is 9.10. The van der Waals surface area contributed by atoms with E-state index >= 15 is 0 Å². The predicted molar refractivity (Wildman–Crippen MR) is 115 cm³/mol. The molecule has 0 aliphatic carbocycles. The van der Waals surface area contributed by atoms with Gasteiger partial charge in [-0.3, -0.25) is 14.4 Å². The number of ether oxygens (including phenoxy) is 1. The predicted octanol–water partition coefficient (Wildman–Crippen LogP) is 2.48. The Morgan fingerprint density at radius 1 is 1.03 bits per heavy atom. The van der Waals surface area contributed by atoms with Gasteiger partial charge in [0.25, 0.3) is 11.8 Å². The molecule has 0 radical (unpaired) electrons. The number of primary amides is 1. The monoisotopic (exact) mass is 475 g/mol. The molecule has 0 bridgehead atoms. The van der Waals surface area contributed by atoms with Crippen LogP contribution in [0.1, 0.15) is 34.6 Å². The lowest BCUT2D eigenvalue weighted by atomic mass is 10.0. The van der Waals surface area contributed by atoms with Crippen molar-refractivity contribution in [2.45, 2.75) is 19.9 Å². The second-order valence-electron chi connectivity index (χ2n) is 6.77. The molecular weight excluding hydrogens is 454 g/mol. The second kappa shape index (κ2) is 10.5. The van der Waals surface area contributed by atoms with Gasteiger partial charge in [0.1, 0.15) is 6.04 Å². The summed E-state index contributed by atoms with van der Waals surface area (Å²) in [5.74, 6) is -2.55. The summed E-state index contributed by atoms with van der Waals surface area (Å²) >= 11 is 3.30. The van der Waals surface area contributed by atoms with E-state index < -0.39 is 36.3 Å². The lowest BCUT2D eigenvalue weighted by molar-refractivity contribution is -0.150. The molecule has 0 aromatic heterocycles. The standard InChI is InChI=1S/C21H22BrN3O5/c1-12(2)18(25-20(28)15-5-3-4-6-16(15)22)21(29)30-11-17(26)24-14-9-7-13(8-10-14)19(23)27/h3-10,12,18H,11H2,1-2H3,(H2,23,27)(H,24,26)(H,25,28). The first-order chi connectivity index (χ1) is 14.2. The van der Waals surface area contributed by atoms with Gasteiger partial charge in [0.05, 0.1) is 5.56 Å². The fourth-order valence-corrected chi connectivity index (χ4v) is 2.97. The molecule has 0 spiro atoms. The zero-order valence-corrected chi connectivity index (χ0v) is 18.1. The van der Waals surface area contributed by atoms with E-state index in [1.54, 1.807) is 38.1 Å². The maximum Gasteiger partial charge on any atom is 0.329 e. The van der Waals surface area contributed by atoms with Crippen LogP contribution in [0.15, 0.2) is 53.0 Å². The number of halogens is 1. The first-order valence-electron chi connectivity index (χ1n) is 9.10. The largest absolute Gasteiger partial charge is 0.454 e. The van der Waals surface area contributed by atoms with E-state index in [9.17, 15) is 19.2 Å². The fraction of sp³-hybridized carbons (Fsp3) is 0.238. The number of esters is 1. The molecule has 1 unspecified atom stereocenters. The topological polar surface area (TPSA) is 128 Å². The maximum absolute atomic E-state index is 12.5. The van der Waals surface area contributed by atoms with E-state index in [-0.39, 0.29) is 5.92 Å². The molecule has 8 nitrogen and oxygen atoms in total. The highest BCUT2D eigenvalue weighted by atomic mass is 79.9. The second-order valence-corrected chi connectivity index (χ2v) is 7.63. The average Bonchev–Trinajstić information content (AvgIpc) is 2.70. The highest BCUT2D eigenvalue weighted by Crippen LogP contribution is 2.16. The van der Waals surface area contributed by atoms with Gasteiger partial charge in [-0.25, -0.2) is 4.79 Å². The van der Waals surface area contributed by atoms with Crippen LogP contribution in [0, 0.1) is 5.92 Å². The molecule has 0 heterocycles. The van der Waals surface area contributed by atoms with Crippen molar-refractivity contribution < 1.29 is 23.9 Å². The van der Waals surface area contributed by atoms with Crippen LogP contribution in [-0.4, -0.2) is 36.3 Å². The van der Waals surface area contributed by atoms with Gasteiger partial charge < -0.3 is 21.1 Å². The van der Waals surface area contributed by atoms with Crippen LogP contribution in [0.2, 0.25) is 0 Å². The molecule has 4 N–H and O–H groups in total. The van der Waals surface area contributed by atoms with Crippen LogP contribution in [-0.2, 0) is 14.3 Å². The SMILES string of the molecule is CC(C)C(NC(=O)c1ccccc1Br)C(=O)OCC(=O)Nc1ccc(C(N)=O)cc1. The fourth-order valence-electron chi connectivity index (χ4n) is 2.50. The smallest absolute Gasteiger partial charge is 0.329 e. The van der Waals surface area contributed by atoms with Crippen LogP contribution >= 0.6 is 15.9 Å². The van der Waals surface area contributed by atoms with E-state index in [0.717, 1.165) is 0 Å². The first kappa shape index (κ1) is 23.1. The molecule has 0 aliphatic rings. The number of hydrogen-bond acceptors (Lipinski definition) is 5. The van der Waals surface area contributed by atoms with Crippen molar-refractivity contribution in [3.8, 4) is 0 Å². The molecule has 1 atom stereocenters. The van der Waals surface area contributed by atoms with Crippen LogP contribution in [0.4, 0.5) is 5.69 Å². The Bertz CT molecular complexity index is 944. The molecule has 0 fully saturated rings. The maximum atomic E-state index is 12.5. The Hall–Kier alpha value is -3.20. The first-order valence-corrected chi connectivity index (χ1v) is 9.90. The minimum Gasteiger partial charge on any atom is -0.454 e. The summed E-state index contributed by atoms with van der Waals surface area (Å²) in [4.78, 5) is 48.0. The molecule has 2 aromatic rings. The number of anilines is 1. The summed E-state index contributed by atoms with van der Waals surface area (Å²) in [5, 5.41) is 5.19. The Labute approximate surface area is 182 Å². The lowest BCUT2D eigenvalue weighted by Gasteiger charge is -2.21. The van der Waals surface area contributed by atoms with Gasteiger partial charge in [0, 0.05) is 15.7 Å². The molecule has 3 amide bonds. The third-order valence-corrected chi connectivity index (χ3v) is 4.82. The van der Waals surface area contributed by atoms with Crippen molar-refractivity contribution in [1.29, 1.82) is 0 Å². The Morgan fingerprint density at radius 3 is 2.23 bits per heavy atom. The summed E-state index contributed by atoms with van der Waals surface area (Å²) in [7, 11) is 0. The minimum atomic E-state index is -0.924. The van der Waals surface area contributed by atoms with E-state index in [1.165, 1.54) is 24.3 Å². The number of carbonyl (C=O) groups excluding carboxylic acids is 4. The van der Waals surface area contributed by atoms with E-state index in [2.05, 4.69) is 26.6 Å². The Kier molecular flexibility index (Phi) is 8.11. The molecule has 2 aromatic carbocycles. The van der Waals surface area contributed by atoms with Gasteiger partial charge in [-0.15, -0.1) is 0 Å². The number of rotatable bonds is 8. The number of nitrogens with one attached hydrogen (secondary N) is 2. The molecule has 9 heteroatoms. The number of nitrogens with two attached hydrogens (primary N) is 1. The van der Waals surface area contributed by atoms with E-state index in [0.29, 0.717) is 21.3 Å². The lowest BCUT2D eigenvalue weighted by Crippen LogP contribution is -2.46. The van der Waals surface area contributed by atoms with E-state index in [4.69, 9.17) is 10.5 Å². The van der Waals surface area contributed by atoms with Gasteiger partial charge in [0.2, 0.25) is 5.91 Å². The summed E-state index contributed by atoms with van der Waals surface area (Å²) in [5.41, 5.74) is 6.27. The van der Waals surface area contributed by atoms with Gasteiger partial charge >= 0.3 is 5.97 Å². The number of carbonyl (C=O) groups is 4. The molecular formula is C21H22BrN3O5. The van der Waals surface area contributed by atoms with Gasteiger partial charge in [-0.05, 0) is 58.2 Å². The molecule has 30 heavy (non-hydrogen) atoms. The van der Waals surface area contributed by atoms with Crippen LogP contribution in [0.25, 0.3) is 0 Å². The summed E-state index contributed by atoms with van der Waals surface area (Å²) in [6.07, 6.45) is 0. The van der Waals surface area contributed by atoms with Crippen molar-refractivity contribution in [1.82, 2.24) is 5.32 Å². The molecule has 0 saturated carbocycles. The summed E-state index contributed by atoms with van der Waals surface area (Å²) in [6, 6.07) is 11.9. The molecule has 2 rings (SSSR count). The third kappa shape index (κ3) is 6.41. The van der Waals surface area contributed by atoms with Crippen molar-refractivity contribution >= 4 is 45.3 Å². The average molecular weight is 476 g/mol. The van der Waals surface area contributed by atoms with Gasteiger partial charge in [-0.2, -0.15) is 0 Å². The highest BCUT2D eigenvalue weighted by Gasteiger charge is 2.27. The quantitative estimate of drug-likeness (QED) is 0.505. The molecule has 0 aliphatic heterocycles.